The monoisotopic (exact) mass is 269 g/mol. The molecule has 0 bridgehead atoms. The van der Waals surface area contributed by atoms with Crippen LogP contribution in [0.2, 0.25) is 0 Å². The van der Waals surface area contributed by atoms with E-state index in [1.54, 1.807) is 12.5 Å². The second-order valence-electron chi connectivity index (χ2n) is 4.90. The van der Waals surface area contributed by atoms with Gasteiger partial charge in [-0.05, 0) is 24.6 Å². The first kappa shape index (κ1) is 12.9. The quantitative estimate of drug-likeness (QED) is 0.746. The largest absolute Gasteiger partial charge is 0.472 e. The number of para-hydroxylation sites is 2. The summed E-state index contributed by atoms with van der Waals surface area (Å²) in [5.74, 6) is 1.09. The molecule has 0 spiro atoms. The van der Waals surface area contributed by atoms with Crippen molar-refractivity contribution >= 4 is 11.0 Å². The minimum atomic E-state index is 0.764. The molecule has 0 saturated carbocycles. The van der Waals surface area contributed by atoms with Crippen LogP contribution in [0.25, 0.3) is 11.0 Å². The second-order valence-corrected chi connectivity index (χ2v) is 4.90. The Morgan fingerprint density at radius 2 is 2.10 bits per heavy atom. The van der Waals surface area contributed by atoms with Gasteiger partial charge in [0.1, 0.15) is 5.82 Å². The molecule has 4 nitrogen and oxygen atoms in total. The lowest BCUT2D eigenvalue weighted by molar-refractivity contribution is 0.556. The fourth-order valence-electron chi connectivity index (χ4n) is 2.45. The molecule has 20 heavy (non-hydrogen) atoms. The highest BCUT2D eigenvalue weighted by atomic mass is 16.3. The minimum Gasteiger partial charge on any atom is -0.472 e. The number of hydrogen-bond acceptors (Lipinski definition) is 3. The van der Waals surface area contributed by atoms with Crippen LogP contribution in [0, 0.1) is 0 Å². The highest BCUT2D eigenvalue weighted by Crippen LogP contribution is 2.16. The molecule has 0 radical (unpaired) electrons. The standard InChI is InChI=1S/C16H19N3O/c1-2-8-19-15-6-4-3-5-14(15)18-16(19)11-17-10-13-7-9-20-12-13/h3-7,9,12,17H,2,8,10-11H2,1H3. The van der Waals surface area contributed by atoms with Crippen LogP contribution in [0.5, 0.6) is 0 Å². The average molecular weight is 269 g/mol. The Labute approximate surface area is 118 Å². The first-order chi connectivity index (χ1) is 9.88. The molecule has 0 aliphatic heterocycles. The van der Waals surface area contributed by atoms with Gasteiger partial charge in [0, 0.05) is 18.7 Å². The van der Waals surface area contributed by atoms with Gasteiger partial charge in [-0.2, -0.15) is 0 Å². The summed E-state index contributed by atoms with van der Waals surface area (Å²) in [6.07, 6.45) is 4.57. The summed E-state index contributed by atoms with van der Waals surface area (Å²) in [7, 11) is 0. The molecule has 1 N–H and O–H groups in total. The van der Waals surface area contributed by atoms with E-state index in [2.05, 4.69) is 35.0 Å². The van der Waals surface area contributed by atoms with E-state index in [9.17, 15) is 0 Å². The van der Waals surface area contributed by atoms with Crippen molar-refractivity contribution in [1.82, 2.24) is 14.9 Å². The molecule has 4 heteroatoms. The predicted octanol–water partition coefficient (Wildman–Crippen LogP) is 3.33. The number of aromatic nitrogens is 2. The highest BCUT2D eigenvalue weighted by Gasteiger charge is 2.09. The van der Waals surface area contributed by atoms with Crippen LogP contribution in [0.4, 0.5) is 0 Å². The smallest absolute Gasteiger partial charge is 0.123 e. The van der Waals surface area contributed by atoms with E-state index >= 15 is 0 Å². The van der Waals surface area contributed by atoms with Crippen LogP contribution >= 0.6 is 0 Å². The van der Waals surface area contributed by atoms with Crippen molar-refractivity contribution in [2.45, 2.75) is 33.0 Å². The maximum atomic E-state index is 5.07. The average Bonchev–Trinajstić information content (AvgIpc) is 3.08. The van der Waals surface area contributed by atoms with Crippen molar-refractivity contribution in [3.05, 3.63) is 54.2 Å². The summed E-state index contributed by atoms with van der Waals surface area (Å²) in [5.41, 5.74) is 3.44. The molecule has 0 atom stereocenters. The van der Waals surface area contributed by atoms with Crippen molar-refractivity contribution in [2.75, 3.05) is 0 Å². The Hall–Kier alpha value is -2.07. The topological polar surface area (TPSA) is 43.0 Å². The van der Waals surface area contributed by atoms with Gasteiger partial charge < -0.3 is 14.3 Å². The molecule has 1 aromatic carbocycles. The molecule has 0 saturated heterocycles. The molecule has 0 aliphatic rings. The van der Waals surface area contributed by atoms with Crippen molar-refractivity contribution in [3.63, 3.8) is 0 Å². The van der Waals surface area contributed by atoms with Gasteiger partial charge in [-0.3, -0.25) is 0 Å². The summed E-state index contributed by atoms with van der Waals surface area (Å²) in [6.45, 7) is 4.76. The molecule has 3 rings (SSSR count). The van der Waals surface area contributed by atoms with Crippen LogP contribution in [-0.4, -0.2) is 9.55 Å². The molecule has 0 amide bonds. The Bertz CT molecular complexity index is 670. The fourth-order valence-corrected chi connectivity index (χ4v) is 2.45. The third-order valence-corrected chi connectivity index (χ3v) is 3.37. The SMILES string of the molecule is CCCn1c(CNCc2ccoc2)nc2ccccc21. The number of fused-ring (bicyclic) bond motifs is 1. The van der Waals surface area contributed by atoms with Crippen LogP contribution in [0.3, 0.4) is 0 Å². The predicted molar refractivity (Wildman–Crippen MR) is 79.3 cm³/mol. The molecule has 0 unspecified atom stereocenters. The summed E-state index contributed by atoms with van der Waals surface area (Å²) < 4.78 is 7.37. The number of hydrogen-bond donors (Lipinski definition) is 1. The molecule has 2 heterocycles. The normalized spacial score (nSPS) is 11.2. The molecule has 2 aromatic heterocycles. The number of nitrogens with zero attached hydrogens (tertiary/aromatic N) is 2. The van der Waals surface area contributed by atoms with Crippen LogP contribution in [0.15, 0.2) is 47.3 Å². The zero-order valence-electron chi connectivity index (χ0n) is 11.7. The Morgan fingerprint density at radius 1 is 1.20 bits per heavy atom. The molecular weight excluding hydrogens is 250 g/mol. The first-order valence-corrected chi connectivity index (χ1v) is 7.04. The summed E-state index contributed by atoms with van der Waals surface area (Å²) in [4.78, 5) is 4.73. The van der Waals surface area contributed by atoms with Gasteiger partial charge in [-0.25, -0.2) is 4.98 Å². The van der Waals surface area contributed by atoms with Gasteiger partial charge in [-0.1, -0.05) is 19.1 Å². The lowest BCUT2D eigenvalue weighted by Crippen LogP contribution is -2.16. The van der Waals surface area contributed by atoms with Gasteiger partial charge in [0.2, 0.25) is 0 Å². The molecular formula is C16H19N3O. The van der Waals surface area contributed by atoms with E-state index in [0.29, 0.717) is 0 Å². The third kappa shape index (κ3) is 2.60. The number of rotatable bonds is 6. The van der Waals surface area contributed by atoms with Gasteiger partial charge >= 0.3 is 0 Å². The Balaban J connectivity index is 1.77. The lowest BCUT2D eigenvalue weighted by Gasteiger charge is -2.08. The van der Waals surface area contributed by atoms with Gasteiger partial charge in [-0.15, -0.1) is 0 Å². The zero-order chi connectivity index (χ0) is 13.8. The maximum Gasteiger partial charge on any atom is 0.123 e. The molecule has 3 aromatic rings. The van der Waals surface area contributed by atoms with Gasteiger partial charge in [0.15, 0.2) is 0 Å². The molecule has 104 valence electrons. The van der Waals surface area contributed by atoms with Crippen LogP contribution in [0.1, 0.15) is 24.7 Å². The second kappa shape index (κ2) is 5.92. The minimum absolute atomic E-state index is 0.764. The van der Waals surface area contributed by atoms with Gasteiger partial charge in [0.25, 0.3) is 0 Å². The van der Waals surface area contributed by atoms with E-state index in [0.717, 1.165) is 43.0 Å². The number of furan rings is 1. The zero-order valence-corrected chi connectivity index (χ0v) is 11.7. The number of imidazole rings is 1. The van der Waals surface area contributed by atoms with Crippen molar-refractivity contribution in [3.8, 4) is 0 Å². The number of nitrogens with one attached hydrogen (secondary N) is 1. The lowest BCUT2D eigenvalue weighted by atomic mass is 10.3. The van der Waals surface area contributed by atoms with E-state index in [1.165, 1.54) is 5.52 Å². The van der Waals surface area contributed by atoms with Crippen LogP contribution in [-0.2, 0) is 19.6 Å². The maximum absolute atomic E-state index is 5.07. The molecule has 0 fully saturated rings. The van der Waals surface area contributed by atoms with Crippen molar-refractivity contribution < 1.29 is 4.42 Å². The van der Waals surface area contributed by atoms with E-state index in [4.69, 9.17) is 9.40 Å². The fraction of sp³-hybridized carbons (Fsp3) is 0.312. The van der Waals surface area contributed by atoms with E-state index < -0.39 is 0 Å². The molecule has 0 aliphatic carbocycles. The van der Waals surface area contributed by atoms with Crippen molar-refractivity contribution in [2.24, 2.45) is 0 Å². The number of aryl methyl sites for hydroxylation is 1. The Morgan fingerprint density at radius 3 is 2.90 bits per heavy atom. The van der Waals surface area contributed by atoms with E-state index in [1.807, 2.05) is 12.1 Å². The van der Waals surface area contributed by atoms with Gasteiger partial charge in [0.05, 0.1) is 30.1 Å². The van der Waals surface area contributed by atoms with Crippen molar-refractivity contribution in [1.29, 1.82) is 0 Å². The summed E-state index contributed by atoms with van der Waals surface area (Å²) in [5, 5.41) is 3.42. The Kier molecular flexibility index (Phi) is 3.83. The van der Waals surface area contributed by atoms with Crippen LogP contribution < -0.4 is 5.32 Å². The van der Waals surface area contributed by atoms with E-state index in [-0.39, 0.29) is 0 Å². The highest BCUT2D eigenvalue weighted by molar-refractivity contribution is 5.75. The third-order valence-electron chi connectivity index (χ3n) is 3.37. The summed E-state index contributed by atoms with van der Waals surface area (Å²) in [6, 6.07) is 10.3. The summed E-state index contributed by atoms with van der Waals surface area (Å²) >= 11 is 0. The number of benzene rings is 1. The first-order valence-electron chi connectivity index (χ1n) is 7.04.